The van der Waals surface area contributed by atoms with Gasteiger partial charge in [-0.1, -0.05) is 25.1 Å². The molecule has 2 N–H and O–H groups in total. The molecule has 1 heterocycles. The number of carbonyl (C=O) groups is 1. The molecule has 0 atom stereocenters. The molecule has 8 heteroatoms. The van der Waals surface area contributed by atoms with Crippen LogP contribution in [0.3, 0.4) is 0 Å². The van der Waals surface area contributed by atoms with E-state index in [4.69, 9.17) is 9.26 Å². The number of carbonyl (C=O) groups excluding carboxylic acids is 1. The molecule has 31 heavy (non-hydrogen) atoms. The van der Waals surface area contributed by atoms with Gasteiger partial charge in [0.2, 0.25) is 0 Å². The van der Waals surface area contributed by atoms with Crippen molar-refractivity contribution >= 4 is 11.7 Å². The van der Waals surface area contributed by atoms with Crippen molar-refractivity contribution in [1.29, 1.82) is 0 Å². The third kappa shape index (κ3) is 4.79. The molecule has 8 nitrogen and oxygen atoms in total. The number of aromatic hydroxyl groups is 1. The molecule has 2 aromatic carbocycles. The van der Waals surface area contributed by atoms with E-state index in [0.717, 1.165) is 24.0 Å². The molecule has 4 rings (SSSR count). The first kappa shape index (κ1) is 20.7. The number of rotatable bonds is 7. The van der Waals surface area contributed by atoms with E-state index >= 15 is 0 Å². The van der Waals surface area contributed by atoms with Crippen LogP contribution in [0.2, 0.25) is 0 Å². The van der Waals surface area contributed by atoms with Crippen molar-refractivity contribution in [3.8, 4) is 23.0 Å². The fourth-order valence-corrected chi connectivity index (χ4v) is 3.25. The van der Waals surface area contributed by atoms with Crippen molar-refractivity contribution in [3.05, 3.63) is 53.9 Å². The van der Waals surface area contributed by atoms with Gasteiger partial charge in [-0.05, 0) is 54.8 Å². The van der Waals surface area contributed by atoms with Crippen LogP contribution in [0.4, 0.5) is 10.5 Å². The van der Waals surface area contributed by atoms with E-state index in [9.17, 15) is 9.90 Å². The number of phenolic OH excluding ortho intramolecular Hbond substituents is 1. The molecule has 1 aromatic heterocycles. The van der Waals surface area contributed by atoms with Gasteiger partial charge in [0, 0.05) is 29.8 Å². The summed E-state index contributed by atoms with van der Waals surface area (Å²) in [6, 6.07) is 12.5. The Morgan fingerprint density at radius 2 is 2.00 bits per heavy atom. The largest absolute Gasteiger partial charge is 0.504 e. The number of aromatic nitrogens is 2. The number of methoxy groups -OCH3 is 1. The molecule has 1 saturated carbocycles. The molecule has 2 amide bonds. The van der Waals surface area contributed by atoms with Crippen LogP contribution in [0.25, 0.3) is 11.5 Å². The summed E-state index contributed by atoms with van der Waals surface area (Å²) in [5.74, 6) is 1.79. The second-order valence-corrected chi connectivity index (χ2v) is 7.99. The van der Waals surface area contributed by atoms with Gasteiger partial charge in [0.05, 0.1) is 7.11 Å². The van der Waals surface area contributed by atoms with Gasteiger partial charge >= 0.3 is 6.03 Å². The molecule has 0 spiro atoms. The summed E-state index contributed by atoms with van der Waals surface area (Å²) in [5.41, 5.74) is 2.38. The van der Waals surface area contributed by atoms with Crippen molar-refractivity contribution in [2.24, 2.45) is 0 Å². The van der Waals surface area contributed by atoms with E-state index < -0.39 is 0 Å². The molecule has 162 valence electrons. The normalized spacial score (nSPS) is 13.3. The lowest BCUT2D eigenvalue weighted by Gasteiger charge is -2.23. The number of nitrogens with zero attached hydrogens (tertiary/aromatic N) is 3. The van der Waals surface area contributed by atoms with Crippen molar-refractivity contribution in [3.63, 3.8) is 0 Å². The number of nitrogens with one attached hydrogen (secondary N) is 1. The van der Waals surface area contributed by atoms with E-state index in [-0.39, 0.29) is 23.7 Å². The minimum absolute atomic E-state index is 0.0792. The molecule has 1 aliphatic carbocycles. The number of amides is 2. The quantitative estimate of drug-likeness (QED) is 0.569. The van der Waals surface area contributed by atoms with Gasteiger partial charge in [0.1, 0.15) is 0 Å². The third-order valence-corrected chi connectivity index (χ3v) is 5.19. The monoisotopic (exact) mass is 422 g/mol. The lowest BCUT2D eigenvalue weighted by molar-refractivity contribution is 0.206. The highest BCUT2D eigenvalue weighted by atomic mass is 16.5. The van der Waals surface area contributed by atoms with Gasteiger partial charge < -0.3 is 24.6 Å². The summed E-state index contributed by atoms with van der Waals surface area (Å²) >= 11 is 0. The van der Waals surface area contributed by atoms with Crippen LogP contribution >= 0.6 is 0 Å². The minimum atomic E-state index is -0.165. The van der Waals surface area contributed by atoms with Crippen LogP contribution in [0.5, 0.6) is 11.5 Å². The standard InChI is InChI=1S/C23H26N4O4/c1-14(2)21-25-22(31-26-21)16-5-7-17(8-6-16)24-23(29)27(18-9-10-18)13-15-4-11-19(28)20(12-15)30-3/h4-8,11-12,14,18,28H,9-10,13H2,1-3H3,(H,24,29). The van der Waals surface area contributed by atoms with Gasteiger partial charge in [0.15, 0.2) is 17.3 Å². The Morgan fingerprint density at radius 1 is 1.26 bits per heavy atom. The van der Waals surface area contributed by atoms with Crippen LogP contribution in [0.15, 0.2) is 47.0 Å². The summed E-state index contributed by atoms with van der Waals surface area (Å²) < 4.78 is 10.5. The molecular weight excluding hydrogens is 396 g/mol. The summed E-state index contributed by atoms with van der Waals surface area (Å²) in [4.78, 5) is 19.2. The second-order valence-electron chi connectivity index (χ2n) is 7.99. The van der Waals surface area contributed by atoms with Gasteiger partial charge in [-0.2, -0.15) is 4.98 Å². The molecule has 0 bridgehead atoms. The van der Waals surface area contributed by atoms with Crippen LogP contribution in [0.1, 0.15) is 44.0 Å². The first-order valence-electron chi connectivity index (χ1n) is 10.3. The lowest BCUT2D eigenvalue weighted by atomic mass is 10.2. The van der Waals surface area contributed by atoms with Gasteiger partial charge in [-0.25, -0.2) is 4.79 Å². The molecule has 0 radical (unpaired) electrons. The van der Waals surface area contributed by atoms with Crippen LogP contribution in [0, 0.1) is 0 Å². The van der Waals surface area contributed by atoms with Crippen LogP contribution in [-0.4, -0.2) is 39.3 Å². The Bertz CT molecular complexity index is 1060. The zero-order chi connectivity index (χ0) is 22.0. The van der Waals surface area contributed by atoms with Crippen molar-refractivity contribution in [2.45, 2.75) is 45.2 Å². The minimum Gasteiger partial charge on any atom is -0.504 e. The van der Waals surface area contributed by atoms with E-state index in [1.807, 2.05) is 43.0 Å². The molecule has 0 aliphatic heterocycles. The maximum Gasteiger partial charge on any atom is 0.322 e. The van der Waals surface area contributed by atoms with E-state index in [1.165, 1.54) is 7.11 Å². The zero-order valence-electron chi connectivity index (χ0n) is 17.8. The van der Waals surface area contributed by atoms with E-state index in [1.54, 1.807) is 18.2 Å². The van der Waals surface area contributed by atoms with Crippen molar-refractivity contribution < 1.29 is 19.2 Å². The lowest BCUT2D eigenvalue weighted by Crippen LogP contribution is -2.36. The zero-order valence-corrected chi connectivity index (χ0v) is 17.8. The number of ether oxygens (including phenoxy) is 1. The maximum absolute atomic E-state index is 12.9. The number of hydrogen-bond acceptors (Lipinski definition) is 6. The molecule has 0 unspecified atom stereocenters. The summed E-state index contributed by atoms with van der Waals surface area (Å²) in [5, 5.41) is 16.7. The number of urea groups is 1. The highest BCUT2D eigenvalue weighted by Gasteiger charge is 2.32. The first-order chi connectivity index (χ1) is 14.9. The number of hydrogen-bond donors (Lipinski definition) is 2. The highest BCUT2D eigenvalue weighted by Crippen LogP contribution is 2.32. The first-order valence-corrected chi connectivity index (χ1v) is 10.3. The fourth-order valence-electron chi connectivity index (χ4n) is 3.25. The Hall–Kier alpha value is -3.55. The molecule has 1 fully saturated rings. The summed E-state index contributed by atoms with van der Waals surface area (Å²) in [7, 11) is 1.51. The predicted molar refractivity (Wildman–Crippen MR) is 116 cm³/mol. The second kappa shape index (κ2) is 8.67. The topological polar surface area (TPSA) is 101 Å². The average Bonchev–Trinajstić information content (AvgIpc) is 3.48. The van der Waals surface area contributed by atoms with E-state index in [0.29, 0.717) is 29.7 Å². The van der Waals surface area contributed by atoms with Crippen molar-refractivity contribution in [1.82, 2.24) is 15.0 Å². The Morgan fingerprint density at radius 3 is 2.61 bits per heavy atom. The van der Waals surface area contributed by atoms with E-state index in [2.05, 4.69) is 15.5 Å². The van der Waals surface area contributed by atoms with Crippen molar-refractivity contribution in [2.75, 3.05) is 12.4 Å². The van der Waals surface area contributed by atoms with Gasteiger partial charge in [-0.15, -0.1) is 0 Å². The number of benzene rings is 2. The van der Waals surface area contributed by atoms with Crippen LogP contribution < -0.4 is 10.1 Å². The maximum atomic E-state index is 12.9. The van der Waals surface area contributed by atoms with Crippen LogP contribution in [-0.2, 0) is 6.54 Å². The highest BCUT2D eigenvalue weighted by molar-refractivity contribution is 5.90. The smallest absolute Gasteiger partial charge is 0.322 e. The Balaban J connectivity index is 1.44. The molecule has 0 saturated heterocycles. The number of phenols is 1. The predicted octanol–water partition coefficient (Wildman–Crippen LogP) is 4.77. The Labute approximate surface area is 180 Å². The fraction of sp³-hybridized carbons (Fsp3) is 0.348. The Kier molecular flexibility index (Phi) is 5.79. The van der Waals surface area contributed by atoms with Gasteiger partial charge in [-0.3, -0.25) is 0 Å². The summed E-state index contributed by atoms with van der Waals surface area (Å²) in [6.45, 7) is 4.45. The average molecular weight is 422 g/mol. The molecular formula is C23H26N4O4. The molecule has 3 aromatic rings. The SMILES string of the molecule is COc1cc(CN(C(=O)Nc2ccc(-c3nc(C(C)C)no3)cc2)C2CC2)ccc1O. The molecule has 1 aliphatic rings. The van der Waals surface area contributed by atoms with Gasteiger partial charge in [0.25, 0.3) is 5.89 Å². The third-order valence-electron chi connectivity index (χ3n) is 5.19. The number of anilines is 1. The summed E-state index contributed by atoms with van der Waals surface area (Å²) in [6.07, 6.45) is 1.97.